The Morgan fingerprint density at radius 2 is 2.21 bits per heavy atom. The number of hydrogen-bond acceptors (Lipinski definition) is 4. The van der Waals surface area contributed by atoms with Crippen LogP contribution >= 0.6 is 0 Å². The summed E-state index contributed by atoms with van der Waals surface area (Å²) in [5, 5.41) is 8.57. The number of furan rings is 1. The number of aliphatic hydroxyl groups excluding tert-OH is 1. The van der Waals surface area contributed by atoms with Crippen molar-refractivity contribution in [3.63, 3.8) is 0 Å². The minimum atomic E-state index is -3.51. The summed E-state index contributed by atoms with van der Waals surface area (Å²) in [6, 6.07) is 2.85. The molecular formula is C8H11NO4S. The zero-order valence-electron chi connectivity index (χ0n) is 7.43. The van der Waals surface area contributed by atoms with Crippen LogP contribution < -0.4 is 4.72 Å². The third-order valence-electron chi connectivity index (χ3n) is 1.96. The Morgan fingerprint density at radius 3 is 2.71 bits per heavy atom. The normalized spacial score (nSPS) is 17.2. The van der Waals surface area contributed by atoms with Crippen LogP contribution in [-0.4, -0.2) is 19.6 Å². The highest BCUT2D eigenvalue weighted by Gasteiger charge is 2.29. The summed E-state index contributed by atoms with van der Waals surface area (Å²) in [5.41, 5.74) is 0. The predicted octanol–water partition coefficient (Wildman–Crippen LogP) is 0.213. The fraction of sp³-hybridized carbons (Fsp3) is 0.500. The molecule has 78 valence electrons. The first-order valence-corrected chi connectivity index (χ1v) is 5.82. The summed E-state index contributed by atoms with van der Waals surface area (Å²) in [7, 11) is -3.51. The maximum atomic E-state index is 11.5. The SMILES string of the molecule is O=S(=O)(NC1CC1)c1ccc(CO)o1. The lowest BCUT2D eigenvalue weighted by molar-refractivity contribution is 0.236. The molecule has 6 heteroatoms. The van der Waals surface area contributed by atoms with Gasteiger partial charge in [0.05, 0.1) is 0 Å². The highest BCUT2D eigenvalue weighted by molar-refractivity contribution is 7.89. The van der Waals surface area contributed by atoms with Crippen LogP contribution in [-0.2, 0) is 16.6 Å². The fourth-order valence-corrected chi connectivity index (χ4v) is 2.32. The standard InChI is InChI=1S/C8H11NO4S/c10-5-7-3-4-8(13-7)14(11,12)9-6-1-2-6/h3-4,6,9-10H,1-2,5H2. The number of nitrogens with one attached hydrogen (secondary N) is 1. The summed E-state index contributed by atoms with van der Waals surface area (Å²) in [5.74, 6) is 0.251. The molecule has 5 nitrogen and oxygen atoms in total. The molecule has 1 fully saturated rings. The van der Waals surface area contributed by atoms with Crippen LogP contribution in [0.15, 0.2) is 21.6 Å². The monoisotopic (exact) mass is 217 g/mol. The first-order valence-electron chi connectivity index (χ1n) is 4.34. The Hall–Kier alpha value is -0.850. The van der Waals surface area contributed by atoms with Crippen LogP contribution in [0.2, 0.25) is 0 Å². The molecule has 0 spiro atoms. The minimum absolute atomic E-state index is 0.0580. The Morgan fingerprint density at radius 1 is 1.50 bits per heavy atom. The lowest BCUT2D eigenvalue weighted by Gasteiger charge is -2.00. The van der Waals surface area contributed by atoms with Gasteiger partial charge in [0, 0.05) is 6.04 Å². The van der Waals surface area contributed by atoms with Crippen LogP contribution in [0.5, 0.6) is 0 Å². The Balaban J connectivity index is 2.19. The second-order valence-corrected chi connectivity index (χ2v) is 4.92. The lowest BCUT2D eigenvalue weighted by Crippen LogP contribution is -2.25. The van der Waals surface area contributed by atoms with Gasteiger partial charge >= 0.3 is 0 Å². The zero-order valence-corrected chi connectivity index (χ0v) is 8.25. The van der Waals surface area contributed by atoms with Crippen molar-refractivity contribution in [1.82, 2.24) is 4.72 Å². The maximum Gasteiger partial charge on any atom is 0.274 e. The molecule has 0 unspecified atom stereocenters. The van der Waals surface area contributed by atoms with E-state index in [0.717, 1.165) is 12.8 Å². The van der Waals surface area contributed by atoms with Crippen LogP contribution in [0, 0.1) is 0 Å². The summed E-state index contributed by atoms with van der Waals surface area (Å²) in [6.07, 6.45) is 1.76. The van der Waals surface area contributed by atoms with Crippen molar-refractivity contribution in [2.75, 3.05) is 0 Å². The van der Waals surface area contributed by atoms with Crippen molar-refractivity contribution in [3.05, 3.63) is 17.9 Å². The Bertz CT molecular complexity index is 418. The molecule has 0 amide bonds. The zero-order chi connectivity index (χ0) is 10.2. The van der Waals surface area contributed by atoms with Crippen LogP contribution in [0.3, 0.4) is 0 Å². The first-order chi connectivity index (χ1) is 6.62. The molecular weight excluding hydrogens is 206 g/mol. The summed E-state index contributed by atoms with van der Waals surface area (Å²) in [4.78, 5) is 0. The number of hydrogen-bond donors (Lipinski definition) is 2. The van der Waals surface area contributed by atoms with Gasteiger partial charge in [0.1, 0.15) is 12.4 Å². The van der Waals surface area contributed by atoms with Crippen molar-refractivity contribution in [2.45, 2.75) is 30.6 Å². The van der Waals surface area contributed by atoms with E-state index in [0.29, 0.717) is 0 Å². The molecule has 1 heterocycles. The molecule has 1 saturated carbocycles. The van der Waals surface area contributed by atoms with E-state index < -0.39 is 10.0 Å². The van der Waals surface area contributed by atoms with Crippen LogP contribution in [0.4, 0.5) is 0 Å². The molecule has 0 aliphatic heterocycles. The first kappa shape index (κ1) is 9.70. The average molecular weight is 217 g/mol. The lowest BCUT2D eigenvalue weighted by atomic mass is 10.5. The molecule has 0 bridgehead atoms. The summed E-state index contributed by atoms with van der Waals surface area (Å²) in [6.45, 7) is -0.293. The van der Waals surface area contributed by atoms with E-state index in [1.165, 1.54) is 12.1 Å². The van der Waals surface area contributed by atoms with Gasteiger partial charge < -0.3 is 9.52 Å². The summed E-state index contributed by atoms with van der Waals surface area (Å²) >= 11 is 0. The van der Waals surface area contributed by atoms with E-state index >= 15 is 0 Å². The van der Waals surface area contributed by atoms with Gasteiger partial charge in [0.15, 0.2) is 0 Å². The van der Waals surface area contributed by atoms with Gasteiger partial charge in [0.2, 0.25) is 5.09 Å². The quantitative estimate of drug-likeness (QED) is 0.755. The van der Waals surface area contributed by atoms with Crippen molar-refractivity contribution < 1.29 is 17.9 Å². The Kier molecular flexibility index (Phi) is 2.34. The van der Waals surface area contributed by atoms with Gasteiger partial charge in [-0.2, -0.15) is 0 Å². The van der Waals surface area contributed by atoms with Crippen LogP contribution in [0.1, 0.15) is 18.6 Å². The molecule has 1 aliphatic carbocycles. The summed E-state index contributed by atoms with van der Waals surface area (Å²) < 4.78 is 30.5. The topological polar surface area (TPSA) is 79.5 Å². The average Bonchev–Trinajstić information content (AvgIpc) is 2.81. The minimum Gasteiger partial charge on any atom is -0.446 e. The second kappa shape index (κ2) is 3.38. The highest BCUT2D eigenvalue weighted by Crippen LogP contribution is 2.22. The molecule has 1 aliphatic rings. The number of rotatable bonds is 4. The second-order valence-electron chi connectivity index (χ2n) is 3.27. The molecule has 0 radical (unpaired) electrons. The molecule has 14 heavy (non-hydrogen) atoms. The van der Waals surface area contributed by atoms with E-state index in [2.05, 4.69) is 4.72 Å². The van der Waals surface area contributed by atoms with Crippen molar-refractivity contribution in [2.24, 2.45) is 0 Å². The Labute approximate surface area is 81.8 Å². The molecule has 0 aromatic carbocycles. The smallest absolute Gasteiger partial charge is 0.274 e. The predicted molar refractivity (Wildman–Crippen MR) is 48.0 cm³/mol. The van der Waals surface area contributed by atoms with Gasteiger partial charge in [-0.3, -0.25) is 0 Å². The van der Waals surface area contributed by atoms with Gasteiger partial charge in [-0.05, 0) is 25.0 Å². The molecule has 0 saturated heterocycles. The van der Waals surface area contributed by atoms with E-state index in [9.17, 15) is 8.42 Å². The van der Waals surface area contributed by atoms with Crippen molar-refractivity contribution >= 4 is 10.0 Å². The largest absolute Gasteiger partial charge is 0.446 e. The molecule has 2 N–H and O–H groups in total. The van der Waals surface area contributed by atoms with Gasteiger partial charge in [-0.25, -0.2) is 13.1 Å². The van der Waals surface area contributed by atoms with Crippen molar-refractivity contribution in [1.29, 1.82) is 0 Å². The van der Waals surface area contributed by atoms with Gasteiger partial charge in [-0.1, -0.05) is 0 Å². The molecule has 1 aromatic rings. The van der Waals surface area contributed by atoms with E-state index in [1.807, 2.05) is 0 Å². The third kappa shape index (κ3) is 1.97. The fourth-order valence-electron chi connectivity index (χ4n) is 1.07. The van der Waals surface area contributed by atoms with E-state index in [4.69, 9.17) is 9.52 Å². The highest BCUT2D eigenvalue weighted by atomic mass is 32.2. The third-order valence-corrected chi connectivity index (χ3v) is 3.35. The van der Waals surface area contributed by atoms with Gasteiger partial charge in [-0.15, -0.1) is 0 Å². The molecule has 2 rings (SSSR count). The maximum absolute atomic E-state index is 11.5. The van der Waals surface area contributed by atoms with E-state index in [-0.39, 0.29) is 23.5 Å². The van der Waals surface area contributed by atoms with Gasteiger partial charge in [0.25, 0.3) is 10.0 Å². The number of aliphatic hydroxyl groups is 1. The molecule has 1 aromatic heterocycles. The van der Waals surface area contributed by atoms with Crippen molar-refractivity contribution in [3.8, 4) is 0 Å². The van der Waals surface area contributed by atoms with Crippen LogP contribution in [0.25, 0.3) is 0 Å². The van der Waals surface area contributed by atoms with E-state index in [1.54, 1.807) is 0 Å². The molecule has 0 atom stereocenters. The number of sulfonamides is 1.